The number of carbonyl (C=O) groups excluding carboxylic acids is 1. The van der Waals surface area contributed by atoms with Crippen LogP contribution in [0.2, 0.25) is 0 Å². The smallest absolute Gasteiger partial charge is 0.289 e. The van der Waals surface area contributed by atoms with E-state index in [1.165, 1.54) is 17.4 Å². The number of halogens is 4. The maximum absolute atomic E-state index is 12.6. The Bertz CT molecular complexity index is 631. The summed E-state index contributed by atoms with van der Waals surface area (Å²) < 4.78 is 38.3. The van der Waals surface area contributed by atoms with Crippen LogP contribution in [0, 0.1) is 6.92 Å². The van der Waals surface area contributed by atoms with Crippen molar-refractivity contribution in [2.45, 2.75) is 13.1 Å². The van der Waals surface area contributed by atoms with Gasteiger partial charge in [-0.05, 0) is 31.2 Å². The number of hydrogen-bond acceptors (Lipinski definition) is 2. The lowest BCUT2D eigenvalue weighted by atomic mass is 10.0. The minimum absolute atomic E-state index is 0.0209. The number of thiophene rings is 1. The molecule has 0 aliphatic rings. The molecule has 2 rings (SSSR count). The van der Waals surface area contributed by atoms with Crippen LogP contribution in [-0.2, 0) is 6.18 Å². The molecule has 1 aromatic carbocycles. The molecule has 0 aliphatic carbocycles. The lowest BCUT2D eigenvalue weighted by Crippen LogP contribution is -2.08. The van der Waals surface area contributed by atoms with Crippen molar-refractivity contribution in [1.29, 1.82) is 0 Å². The van der Waals surface area contributed by atoms with E-state index in [9.17, 15) is 18.0 Å². The molecule has 0 N–H and O–H groups in total. The second-order valence-electron chi connectivity index (χ2n) is 3.97. The molecule has 6 heteroatoms. The van der Waals surface area contributed by atoms with Crippen LogP contribution in [0.3, 0.4) is 0 Å². The summed E-state index contributed by atoms with van der Waals surface area (Å²) in [5.74, 6) is -0.415. The highest BCUT2D eigenvalue weighted by molar-refractivity contribution is 9.10. The van der Waals surface area contributed by atoms with Gasteiger partial charge in [0, 0.05) is 25.9 Å². The molecule has 0 amide bonds. The van der Waals surface area contributed by atoms with Crippen molar-refractivity contribution in [2.24, 2.45) is 0 Å². The van der Waals surface area contributed by atoms with E-state index in [2.05, 4.69) is 15.9 Å². The van der Waals surface area contributed by atoms with Crippen LogP contribution in [0.15, 0.2) is 34.1 Å². The number of ketones is 1. The Morgan fingerprint density at radius 3 is 2.47 bits per heavy atom. The molecule has 0 atom stereocenters. The predicted octanol–water partition coefficient (Wildman–Crippen LogP) is 5.07. The summed E-state index contributed by atoms with van der Waals surface area (Å²) in [6.07, 6.45) is -4.46. The summed E-state index contributed by atoms with van der Waals surface area (Å²) >= 11 is 4.50. The Morgan fingerprint density at radius 1 is 1.26 bits per heavy atom. The van der Waals surface area contributed by atoms with Gasteiger partial charge in [-0.25, -0.2) is 0 Å². The minimum atomic E-state index is -4.46. The van der Waals surface area contributed by atoms with Crippen LogP contribution in [0.1, 0.15) is 26.4 Å². The third kappa shape index (κ3) is 3.06. The lowest BCUT2D eigenvalue weighted by molar-refractivity contribution is -0.137. The van der Waals surface area contributed by atoms with Crippen molar-refractivity contribution < 1.29 is 18.0 Å². The molecular weight excluding hydrogens is 341 g/mol. The van der Waals surface area contributed by atoms with Crippen LogP contribution in [0.4, 0.5) is 13.2 Å². The number of alkyl halides is 3. The summed E-state index contributed by atoms with van der Waals surface area (Å²) in [4.78, 5) is 13.1. The van der Waals surface area contributed by atoms with Crippen molar-refractivity contribution in [1.82, 2.24) is 0 Å². The van der Waals surface area contributed by atoms with Gasteiger partial charge in [-0.2, -0.15) is 13.2 Å². The molecule has 0 bridgehead atoms. The normalized spacial score (nSPS) is 11.6. The average Bonchev–Trinajstić information content (AvgIpc) is 2.74. The van der Waals surface area contributed by atoms with E-state index < -0.39 is 17.5 Å². The SMILES string of the molecule is Cc1cc(C(=O)c2cc(C(F)(F)F)ccc2Br)cs1. The van der Waals surface area contributed by atoms with E-state index in [1.807, 2.05) is 6.92 Å². The third-order valence-corrected chi connectivity index (χ3v) is 4.08. The van der Waals surface area contributed by atoms with Gasteiger partial charge in [0.15, 0.2) is 5.78 Å². The van der Waals surface area contributed by atoms with Crippen LogP contribution in [0.5, 0.6) is 0 Å². The fourth-order valence-electron chi connectivity index (χ4n) is 1.59. The molecule has 0 aliphatic heterocycles. The molecule has 0 saturated heterocycles. The maximum Gasteiger partial charge on any atom is 0.416 e. The van der Waals surface area contributed by atoms with Crippen molar-refractivity contribution >= 4 is 33.0 Å². The molecular formula is C13H8BrF3OS. The molecule has 0 fully saturated rings. The Kier molecular flexibility index (Phi) is 3.82. The van der Waals surface area contributed by atoms with Crippen molar-refractivity contribution in [2.75, 3.05) is 0 Å². The van der Waals surface area contributed by atoms with E-state index >= 15 is 0 Å². The van der Waals surface area contributed by atoms with E-state index in [0.717, 1.165) is 17.0 Å². The fourth-order valence-corrected chi connectivity index (χ4v) is 2.70. The molecule has 0 saturated carbocycles. The number of rotatable bonds is 2. The topological polar surface area (TPSA) is 17.1 Å². The molecule has 100 valence electrons. The summed E-state index contributed by atoms with van der Waals surface area (Å²) in [6, 6.07) is 4.73. The first-order valence-corrected chi connectivity index (χ1v) is 6.93. The Hall–Kier alpha value is -1.14. The van der Waals surface area contributed by atoms with E-state index in [1.54, 1.807) is 11.4 Å². The summed E-state index contributed by atoms with van der Waals surface area (Å²) in [5, 5.41) is 1.64. The van der Waals surface area contributed by atoms with Gasteiger partial charge in [0.2, 0.25) is 0 Å². The standard InChI is InChI=1S/C13H8BrF3OS/c1-7-4-8(6-19-7)12(18)10-5-9(13(15,16)17)2-3-11(10)14/h2-6H,1H3. The fraction of sp³-hybridized carbons (Fsp3) is 0.154. The van der Waals surface area contributed by atoms with Crippen LogP contribution in [-0.4, -0.2) is 5.78 Å². The second-order valence-corrected chi connectivity index (χ2v) is 5.94. The highest BCUT2D eigenvalue weighted by Gasteiger charge is 2.31. The van der Waals surface area contributed by atoms with Gasteiger partial charge in [-0.1, -0.05) is 15.9 Å². The predicted molar refractivity (Wildman–Crippen MR) is 71.6 cm³/mol. The van der Waals surface area contributed by atoms with E-state index in [4.69, 9.17) is 0 Å². The highest BCUT2D eigenvalue weighted by atomic mass is 79.9. The largest absolute Gasteiger partial charge is 0.416 e. The van der Waals surface area contributed by atoms with Crippen LogP contribution >= 0.6 is 27.3 Å². The molecule has 1 aromatic heterocycles. The first-order chi connectivity index (χ1) is 8.79. The molecule has 2 aromatic rings. The minimum Gasteiger partial charge on any atom is -0.289 e. The first kappa shape index (κ1) is 14.3. The number of aryl methyl sites for hydroxylation is 1. The maximum atomic E-state index is 12.6. The monoisotopic (exact) mass is 348 g/mol. The molecule has 1 heterocycles. The third-order valence-electron chi connectivity index (χ3n) is 2.53. The lowest BCUT2D eigenvalue weighted by Gasteiger charge is -2.09. The van der Waals surface area contributed by atoms with Gasteiger partial charge >= 0.3 is 6.18 Å². The Balaban J connectivity index is 2.47. The quantitative estimate of drug-likeness (QED) is 0.692. The van der Waals surface area contributed by atoms with Gasteiger partial charge < -0.3 is 0 Å². The van der Waals surface area contributed by atoms with E-state index in [-0.39, 0.29) is 5.56 Å². The molecule has 1 nitrogen and oxygen atoms in total. The molecule has 0 spiro atoms. The van der Waals surface area contributed by atoms with E-state index in [0.29, 0.717) is 10.0 Å². The number of benzene rings is 1. The Labute approximate surface area is 120 Å². The Morgan fingerprint density at radius 2 is 1.95 bits per heavy atom. The zero-order chi connectivity index (χ0) is 14.2. The number of carbonyl (C=O) groups is 1. The van der Waals surface area contributed by atoms with Gasteiger partial charge in [0.05, 0.1) is 5.56 Å². The van der Waals surface area contributed by atoms with Crippen molar-refractivity contribution in [3.05, 3.63) is 55.7 Å². The zero-order valence-electron chi connectivity index (χ0n) is 9.72. The number of hydrogen-bond donors (Lipinski definition) is 0. The molecule has 0 unspecified atom stereocenters. The summed E-state index contributed by atoms with van der Waals surface area (Å²) in [7, 11) is 0. The van der Waals surface area contributed by atoms with Gasteiger partial charge in [0.25, 0.3) is 0 Å². The highest BCUT2D eigenvalue weighted by Crippen LogP contribution is 2.33. The second kappa shape index (κ2) is 5.09. The zero-order valence-corrected chi connectivity index (χ0v) is 12.1. The molecule has 0 radical (unpaired) electrons. The van der Waals surface area contributed by atoms with Crippen molar-refractivity contribution in [3.8, 4) is 0 Å². The van der Waals surface area contributed by atoms with Gasteiger partial charge in [-0.15, -0.1) is 11.3 Å². The van der Waals surface area contributed by atoms with Gasteiger partial charge in [-0.3, -0.25) is 4.79 Å². The first-order valence-electron chi connectivity index (χ1n) is 5.25. The average molecular weight is 349 g/mol. The molecule has 19 heavy (non-hydrogen) atoms. The summed E-state index contributed by atoms with van der Waals surface area (Å²) in [5.41, 5.74) is -0.402. The van der Waals surface area contributed by atoms with Crippen molar-refractivity contribution in [3.63, 3.8) is 0 Å². The van der Waals surface area contributed by atoms with Crippen LogP contribution < -0.4 is 0 Å². The van der Waals surface area contributed by atoms with Gasteiger partial charge in [0.1, 0.15) is 0 Å². The van der Waals surface area contributed by atoms with Crippen LogP contribution in [0.25, 0.3) is 0 Å². The summed E-state index contributed by atoms with van der Waals surface area (Å²) in [6.45, 7) is 1.84.